The summed E-state index contributed by atoms with van der Waals surface area (Å²) in [5.74, 6) is 1.89. The Bertz CT molecular complexity index is 439. The number of ether oxygens (including phenoxy) is 1. The van der Waals surface area contributed by atoms with E-state index in [1.54, 1.807) is 0 Å². The van der Waals surface area contributed by atoms with Crippen molar-refractivity contribution >= 4 is 17.6 Å². The highest BCUT2D eigenvalue weighted by Crippen LogP contribution is 2.34. The summed E-state index contributed by atoms with van der Waals surface area (Å²) in [7, 11) is 0. The van der Waals surface area contributed by atoms with Crippen LogP contribution in [-0.2, 0) is 11.2 Å². The van der Waals surface area contributed by atoms with E-state index in [4.69, 9.17) is 4.74 Å². The first-order valence-electron chi connectivity index (χ1n) is 7.05. The van der Waals surface area contributed by atoms with Crippen molar-refractivity contribution in [3.63, 3.8) is 0 Å². The average molecular weight is 281 g/mol. The Morgan fingerprint density at radius 3 is 2.74 bits per heavy atom. The third kappa shape index (κ3) is 3.39. The fourth-order valence-corrected chi connectivity index (χ4v) is 3.37. The summed E-state index contributed by atoms with van der Waals surface area (Å²) in [6.45, 7) is 10.2. The summed E-state index contributed by atoms with van der Waals surface area (Å²) >= 11 is 1.84. The summed E-state index contributed by atoms with van der Waals surface area (Å²) in [4.78, 5) is 9.26. The maximum absolute atomic E-state index is 5.63. The van der Waals surface area contributed by atoms with E-state index in [2.05, 4.69) is 43.0 Å². The molecule has 1 aliphatic rings. The average Bonchev–Trinajstić information content (AvgIpc) is 2.80. The number of thioether (sulfide) groups is 1. The number of rotatable bonds is 5. The van der Waals surface area contributed by atoms with Gasteiger partial charge in [0.2, 0.25) is 0 Å². The molecule has 0 saturated carbocycles. The predicted molar refractivity (Wildman–Crippen MR) is 80.0 cm³/mol. The van der Waals surface area contributed by atoms with Gasteiger partial charge in [0, 0.05) is 30.4 Å². The second-order valence-electron chi connectivity index (χ2n) is 4.82. The molecule has 106 valence electrons. The number of nitrogens with one attached hydrogen (secondary N) is 1. The van der Waals surface area contributed by atoms with Crippen LogP contribution in [0.15, 0.2) is 5.03 Å². The molecule has 1 aromatic rings. The largest absolute Gasteiger partial charge is 0.377 e. The molecule has 0 aliphatic carbocycles. The van der Waals surface area contributed by atoms with E-state index < -0.39 is 0 Å². The van der Waals surface area contributed by atoms with Crippen molar-refractivity contribution in [3.8, 4) is 0 Å². The Morgan fingerprint density at radius 2 is 2.16 bits per heavy atom. The number of nitrogens with zero attached hydrogens (tertiary/aromatic N) is 2. The first kappa shape index (κ1) is 14.6. The second-order valence-corrected chi connectivity index (χ2v) is 6.05. The lowest BCUT2D eigenvalue weighted by atomic mass is 10.3. The van der Waals surface area contributed by atoms with Gasteiger partial charge in [-0.1, -0.05) is 18.7 Å². The summed E-state index contributed by atoms with van der Waals surface area (Å²) in [6, 6.07) is 0. The Labute approximate surface area is 119 Å². The van der Waals surface area contributed by atoms with Crippen molar-refractivity contribution in [2.24, 2.45) is 0 Å². The minimum Gasteiger partial charge on any atom is -0.377 e. The zero-order valence-electron chi connectivity index (χ0n) is 12.2. The Balaban J connectivity index is 2.24. The standard InChI is InChI=1S/C14H23N3OS/c1-5-12-16-13(15-6-2)9(3)14(17-12)19-11-7-8-18-10(11)4/h10-11H,5-8H2,1-4H3,(H,15,16,17). The number of aryl methyl sites for hydroxylation is 1. The third-order valence-corrected chi connectivity index (χ3v) is 4.92. The van der Waals surface area contributed by atoms with E-state index in [-0.39, 0.29) is 0 Å². The first-order chi connectivity index (χ1) is 9.15. The van der Waals surface area contributed by atoms with E-state index >= 15 is 0 Å². The number of hydrogen-bond acceptors (Lipinski definition) is 5. The van der Waals surface area contributed by atoms with Crippen molar-refractivity contribution in [3.05, 3.63) is 11.4 Å². The van der Waals surface area contributed by atoms with Crippen LogP contribution in [-0.4, -0.2) is 34.5 Å². The molecule has 0 amide bonds. The van der Waals surface area contributed by atoms with Crippen LogP contribution in [0.25, 0.3) is 0 Å². The topological polar surface area (TPSA) is 47.0 Å². The van der Waals surface area contributed by atoms with Crippen molar-refractivity contribution in [2.45, 2.75) is 56.9 Å². The van der Waals surface area contributed by atoms with E-state index in [0.29, 0.717) is 11.4 Å². The molecule has 1 fully saturated rings. The quantitative estimate of drug-likeness (QED) is 0.841. The molecule has 2 rings (SSSR count). The van der Waals surface area contributed by atoms with Gasteiger partial charge in [0.1, 0.15) is 16.7 Å². The minimum absolute atomic E-state index is 0.312. The van der Waals surface area contributed by atoms with Crippen LogP contribution in [0, 0.1) is 6.92 Å². The molecule has 2 unspecified atom stereocenters. The zero-order valence-corrected chi connectivity index (χ0v) is 13.0. The summed E-state index contributed by atoms with van der Waals surface area (Å²) < 4.78 is 5.63. The number of anilines is 1. The Hall–Kier alpha value is -0.810. The summed E-state index contributed by atoms with van der Waals surface area (Å²) in [5, 5.41) is 4.94. The Kier molecular flexibility index (Phi) is 5.05. The van der Waals surface area contributed by atoms with Gasteiger partial charge in [-0.15, -0.1) is 0 Å². The van der Waals surface area contributed by atoms with Crippen LogP contribution in [0.4, 0.5) is 5.82 Å². The lowest BCUT2D eigenvalue weighted by Crippen LogP contribution is -2.15. The second kappa shape index (κ2) is 6.57. The molecule has 0 radical (unpaired) electrons. The molecule has 0 bridgehead atoms. The smallest absolute Gasteiger partial charge is 0.133 e. The van der Waals surface area contributed by atoms with Gasteiger partial charge >= 0.3 is 0 Å². The Morgan fingerprint density at radius 1 is 1.37 bits per heavy atom. The van der Waals surface area contributed by atoms with E-state index in [1.165, 1.54) is 0 Å². The van der Waals surface area contributed by atoms with Gasteiger partial charge in [-0.05, 0) is 27.2 Å². The lowest BCUT2D eigenvalue weighted by Gasteiger charge is -2.17. The van der Waals surface area contributed by atoms with Crippen molar-refractivity contribution in [1.29, 1.82) is 0 Å². The molecule has 1 aliphatic heterocycles. The van der Waals surface area contributed by atoms with Crippen LogP contribution in [0.2, 0.25) is 0 Å². The number of aromatic nitrogens is 2. The molecule has 0 spiro atoms. The molecule has 19 heavy (non-hydrogen) atoms. The fourth-order valence-electron chi connectivity index (χ4n) is 2.16. The molecule has 2 heterocycles. The van der Waals surface area contributed by atoms with E-state index in [9.17, 15) is 0 Å². The number of hydrogen-bond donors (Lipinski definition) is 1. The van der Waals surface area contributed by atoms with E-state index in [0.717, 1.165) is 48.2 Å². The van der Waals surface area contributed by atoms with Gasteiger partial charge in [-0.25, -0.2) is 9.97 Å². The monoisotopic (exact) mass is 281 g/mol. The molecule has 0 aromatic carbocycles. The van der Waals surface area contributed by atoms with Crippen molar-refractivity contribution in [1.82, 2.24) is 9.97 Å². The highest BCUT2D eigenvalue weighted by atomic mass is 32.2. The van der Waals surface area contributed by atoms with Crippen LogP contribution < -0.4 is 5.32 Å². The normalized spacial score (nSPS) is 22.7. The first-order valence-corrected chi connectivity index (χ1v) is 7.93. The van der Waals surface area contributed by atoms with Gasteiger partial charge in [0.05, 0.1) is 6.10 Å². The van der Waals surface area contributed by atoms with Gasteiger partial charge in [0.25, 0.3) is 0 Å². The van der Waals surface area contributed by atoms with Crippen molar-refractivity contribution < 1.29 is 4.74 Å². The van der Waals surface area contributed by atoms with Crippen molar-refractivity contribution in [2.75, 3.05) is 18.5 Å². The van der Waals surface area contributed by atoms with Gasteiger partial charge in [0.15, 0.2) is 0 Å². The molecular formula is C14H23N3OS. The van der Waals surface area contributed by atoms with Gasteiger partial charge < -0.3 is 10.1 Å². The molecule has 2 atom stereocenters. The van der Waals surface area contributed by atoms with E-state index in [1.807, 2.05) is 11.8 Å². The molecule has 1 N–H and O–H groups in total. The lowest BCUT2D eigenvalue weighted by molar-refractivity contribution is 0.127. The summed E-state index contributed by atoms with van der Waals surface area (Å²) in [5.41, 5.74) is 1.16. The zero-order chi connectivity index (χ0) is 13.8. The predicted octanol–water partition coefficient (Wildman–Crippen LogP) is 3.05. The fraction of sp³-hybridized carbons (Fsp3) is 0.714. The van der Waals surface area contributed by atoms with Gasteiger partial charge in [-0.2, -0.15) is 0 Å². The third-order valence-electron chi connectivity index (χ3n) is 3.38. The van der Waals surface area contributed by atoms with Crippen LogP contribution in [0.1, 0.15) is 38.6 Å². The highest BCUT2D eigenvalue weighted by Gasteiger charge is 2.26. The van der Waals surface area contributed by atoms with Crippen LogP contribution in [0.5, 0.6) is 0 Å². The van der Waals surface area contributed by atoms with Gasteiger partial charge in [-0.3, -0.25) is 0 Å². The molecule has 4 nitrogen and oxygen atoms in total. The molecular weight excluding hydrogens is 258 g/mol. The maximum atomic E-state index is 5.63. The summed E-state index contributed by atoms with van der Waals surface area (Å²) in [6.07, 6.45) is 2.28. The van der Waals surface area contributed by atoms with Crippen LogP contribution in [0.3, 0.4) is 0 Å². The highest BCUT2D eigenvalue weighted by molar-refractivity contribution is 8.00. The molecule has 1 saturated heterocycles. The molecule has 1 aromatic heterocycles. The SMILES string of the molecule is CCNc1nc(CC)nc(SC2CCOC2C)c1C. The maximum Gasteiger partial charge on any atom is 0.133 e. The minimum atomic E-state index is 0.312. The van der Waals surface area contributed by atoms with Crippen LogP contribution >= 0.6 is 11.8 Å². The molecule has 5 heteroatoms.